The van der Waals surface area contributed by atoms with Gasteiger partial charge >= 0.3 is 110 Å². The van der Waals surface area contributed by atoms with Gasteiger partial charge in [-0.05, 0) is 0 Å². The number of fused-ring (bicyclic) bond motifs is 1. The Labute approximate surface area is 109 Å². The maximum atomic E-state index is 5.16. The number of aromatic nitrogens is 1. The first kappa shape index (κ1) is 10.8. The van der Waals surface area contributed by atoms with Crippen molar-refractivity contribution in [2.24, 2.45) is 0 Å². The first-order chi connectivity index (χ1) is 8.36. The van der Waals surface area contributed by atoms with Crippen molar-refractivity contribution >= 4 is 29.3 Å². The Morgan fingerprint density at radius 3 is 2.47 bits per heavy atom. The quantitative estimate of drug-likeness (QED) is 0.671. The molecule has 0 aliphatic heterocycles. The molecule has 0 amide bonds. The Morgan fingerprint density at radius 2 is 1.76 bits per heavy atom. The van der Waals surface area contributed by atoms with Gasteiger partial charge in [0.1, 0.15) is 0 Å². The molecule has 0 radical (unpaired) electrons. The molecule has 0 saturated heterocycles. The topological polar surface area (TPSA) is 22.1 Å². The number of rotatable bonds is 2. The van der Waals surface area contributed by atoms with Crippen molar-refractivity contribution in [1.82, 2.24) is 4.98 Å². The summed E-state index contributed by atoms with van der Waals surface area (Å²) in [7, 11) is 1.69. The molecule has 0 aliphatic rings. The van der Waals surface area contributed by atoms with E-state index in [1.807, 2.05) is 18.2 Å². The second-order valence-corrected chi connectivity index (χ2v) is 6.66. The number of benzene rings is 2. The summed E-state index contributed by atoms with van der Waals surface area (Å²) in [5.74, 6) is 0.894. The average Bonchev–Trinajstić information content (AvgIpc) is 2.82. The van der Waals surface area contributed by atoms with E-state index < -0.39 is 0 Å². The van der Waals surface area contributed by atoms with Crippen LogP contribution in [0.15, 0.2) is 48.5 Å². The first-order valence-electron chi connectivity index (χ1n) is 5.37. The van der Waals surface area contributed by atoms with Crippen molar-refractivity contribution in [3.05, 3.63) is 48.5 Å². The summed E-state index contributed by atoms with van der Waals surface area (Å²) >= 11 is -0.318. The third-order valence-corrected chi connectivity index (χ3v) is 5.73. The standard InChI is InChI=1S/C14H11NOTe/c1-16-11-8-6-10(7-9-11)14-15-12-4-2-3-5-13(12)17-14/h2-9H,1H3. The molecule has 17 heavy (non-hydrogen) atoms. The Bertz CT molecular complexity index is 610. The van der Waals surface area contributed by atoms with Crippen LogP contribution in [0.2, 0.25) is 0 Å². The molecule has 1 heterocycles. The molecule has 0 N–H and O–H groups in total. The molecule has 0 atom stereocenters. The first-order valence-corrected chi connectivity index (χ1v) is 7.70. The zero-order chi connectivity index (χ0) is 11.7. The average molecular weight is 337 g/mol. The van der Waals surface area contributed by atoms with Crippen molar-refractivity contribution in [3.8, 4) is 15.0 Å². The minimum absolute atomic E-state index is 0.318. The zero-order valence-corrected chi connectivity index (χ0v) is 11.7. The molecule has 3 aromatic rings. The van der Waals surface area contributed by atoms with Crippen LogP contribution in [0.25, 0.3) is 18.2 Å². The molecule has 0 bridgehead atoms. The minimum atomic E-state index is -0.318. The van der Waals surface area contributed by atoms with Crippen molar-refractivity contribution in [2.45, 2.75) is 0 Å². The van der Waals surface area contributed by atoms with Gasteiger partial charge < -0.3 is 0 Å². The summed E-state index contributed by atoms with van der Waals surface area (Å²) in [6, 6.07) is 16.6. The van der Waals surface area contributed by atoms with E-state index in [4.69, 9.17) is 9.72 Å². The summed E-state index contributed by atoms with van der Waals surface area (Å²) < 4.78 is 7.86. The van der Waals surface area contributed by atoms with Crippen LogP contribution in [0.3, 0.4) is 0 Å². The molecule has 2 aromatic carbocycles. The van der Waals surface area contributed by atoms with Gasteiger partial charge in [-0.1, -0.05) is 0 Å². The fourth-order valence-corrected chi connectivity index (χ4v) is 4.50. The summed E-state index contributed by atoms with van der Waals surface area (Å²) in [6.07, 6.45) is 0. The van der Waals surface area contributed by atoms with Crippen LogP contribution in [-0.4, -0.2) is 32.5 Å². The molecule has 0 unspecified atom stereocenters. The number of ether oxygens (including phenoxy) is 1. The fraction of sp³-hybridized carbons (Fsp3) is 0.0714. The van der Waals surface area contributed by atoms with Gasteiger partial charge in [-0.2, -0.15) is 0 Å². The van der Waals surface area contributed by atoms with Gasteiger partial charge in [0.25, 0.3) is 0 Å². The molecular formula is C14H11NOTe. The molecule has 1 aromatic heterocycles. The van der Waals surface area contributed by atoms with E-state index in [1.54, 1.807) is 7.11 Å². The molecule has 0 fully saturated rings. The number of hydrogen-bond acceptors (Lipinski definition) is 2. The van der Waals surface area contributed by atoms with Gasteiger partial charge in [-0.25, -0.2) is 0 Å². The van der Waals surface area contributed by atoms with E-state index in [0.717, 1.165) is 11.3 Å². The van der Waals surface area contributed by atoms with Gasteiger partial charge in [-0.3, -0.25) is 0 Å². The Kier molecular flexibility index (Phi) is 2.88. The normalized spacial score (nSPS) is 10.6. The van der Waals surface area contributed by atoms with E-state index in [2.05, 4.69) is 30.3 Å². The number of methoxy groups -OCH3 is 1. The van der Waals surface area contributed by atoms with Crippen LogP contribution in [-0.2, 0) is 0 Å². The van der Waals surface area contributed by atoms with E-state index >= 15 is 0 Å². The van der Waals surface area contributed by atoms with E-state index in [9.17, 15) is 0 Å². The summed E-state index contributed by atoms with van der Waals surface area (Å²) in [5, 5.41) is 0. The van der Waals surface area contributed by atoms with Crippen molar-refractivity contribution in [2.75, 3.05) is 7.11 Å². The molecule has 0 spiro atoms. The van der Waals surface area contributed by atoms with E-state index in [-0.39, 0.29) is 20.4 Å². The van der Waals surface area contributed by atoms with Crippen LogP contribution in [0.1, 0.15) is 0 Å². The van der Waals surface area contributed by atoms with Gasteiger partial charge in [0.2, 0.25) is 0 Å². The maximum absolute atomic E-state index is 5.16. The zero-order valence-electron chi connectivity index (χ0n) is 9.38. The van der Waals surface area contributed by atoms with Crippen molar-refractivity contribution in [3.63, 3.8) is 0 Å². The van der Waals surface area contributed by atoms with Crippen LogP contribution in [0.4, 0.5) is 0 Å². The fourth-order valence-electron chi connectivity index (χ4n) is 1.73. The van der Waals surface area contributed by atoms with E-state index in [1.165, 1.54) is 12.7 Å². The number of nitrogens with zero attached hydrogens (tertiary/aromatic N) is 1. The van der Waals surface area contributed by atoms with Crippen LogP contribution < -0.4 is 4.74 Å². The van der Waals surface area contributed by atoms with Gasteiger partial charge in [0, 0.05) is 0 Å². The predicted molar refractivity (Wildman–Crippen MR) is 70.7 cm³/mol. The summed E-state index contributed by atoms with van der Waals surface area (Å²) in [5.41, 5.74) is 2.38. The molecule has 0 aliphatic carbocycles. The second-order valence-electron chi connectivity index (χ2n) is 3.72. The molecule has 2 nitrogen and oxygen atoms in total. The van der Waals surface area contributed by atoms with E-state index in [0.29, 0.717) is 0 Å². The Hall–Kier alpha value is -1.30. The number of para-hydroxylation sites is 1. The molecule has 3 rings (SSSR count). The third kappa shape index (κ3) is 2.09. The summed E-state index contributed by atoms with van der Waals surface area (Å²) in [6.45, 7) is 0. The molecule has 3 heteroatoms. The third-order valence-electron chi connectivity index (χ3n) is 2.63. The van der Waals surface area contributed by atoms with Crippen LogP contribution in [0.5, 0.6) is 5.75 Å². The van der Waals surface area contributed by atoms with Crippen molar-refractivity contribution in [1.29, 1.82) is 0 Å². The summed E-state index contributed by atoms with van der Waals surface area (Å²) in [4.78, 5) is 4.71. The van der Waals surface area contributed by atoms with Gasteiger partial charge in [-0.15, -0.1) is 0 Å². The molecule has 84 valence electrons. The molecular weight excluding hydrogens is 326 g/mol. The number of hydrogen-bond donors (Lipinski definition) is 0. The van der Waals surface area contributed by atoms with Crippen LogP contribution in [0, 0.1) is 0 Å². The second kappa shape index (κ2) is 4.52. The molecule has 0 saturated carbocycles. The van der Waals surface area contributed by atoms with Crippen molar-refractivity contribution < 1.29 is 4.74 Å². The predicted octanol–water partition coefficient (Wildman–Crippen LogP) is 2.97. The Morgan fingerprint density at radius 1 is 1.00 bits per heavy atom. The van der Waals surface area contributed by atoms with Gasteiger partial charge in [0.15, 0.2) is 0 Å². The Balaban J connectivity index is 2.07. The monoisotopic (exact) mass is 339 g/mol. The SMILES string of the molecule is COc1ccc(-c2nc3ccccc3[te]2)cc1. The van der Waals surface area contributed by atoms with Crippen LogP contribution >= 0.6 is 0 Å². The van der Waals surface area contributed by atoms with Gasteiger partial charge in [0.05, 0.1) is 0 Å².